The standard InChI is InChI=1S/C48H41N/c1-47(2,38-16-9-6-10-17-38)39-28-22-35(23-29-39)37-26-32-41(33-27-37)49(40-30-24-36(25-31-40)34-14-7-5-8-15-34)45-21-13-20-44-46(45)42-18-11-12-19-43(42)48(44,3)4/h5-33H,1-4H3. The summed E-state index contributed by atoms with van der Waals surface area (Å²) < 4.78 is 0. The molecule has 8 rings (SSSR count). The van der Waals surface area contributed by atoms with Crippen LogP contribution >= 0.6 is 0 Å². The van der Waals surface area contributed by atoms with Crippen LogP contribution in [-0.4, -0.2) is 0 Å². The van der Waals surface area contributed by atoms with Crippen molar-refractivity contribution in [1.29, 1.82) is 0 Å². The summed E-state index contributed by atoms with van der Waals surface area (Å²) in [5.41, 5.74) is 16.2. The van der Waals surface area contributed by atoms with Gasteiger partial charge in [0.1, 0.15) is 0 Å². The number of anilines is 3. The van der Waals surface area contributed by atoms with Gasteiger partial charge in [0.25, 0.3) is 0 Å². The molecule has 0 atom stereocenters. The normalized spacial score (nSPS) is 13.1. The highest BCUT2D eigenvalue weighted by atomic mass is 15.1. The average molecular weight is 632 g/mol. The SMILES string of the molecule is CC(C)(c1ccccc1)c1ccc(-c2ccc(N(c3ccc(-c4ccccc4)cc3)c3cccc4c3-c3ccccc3C4(C)C)cc2)cc1. The van der Waals surface area contributed by atoms with Crippen molar-refractivity contribution in [3.8, 4) is 33.4 Å². The molecule has 1 nitrogen and oxygen atoms in total. The first kappa shape index (κ1) is 30.7. The van der Waals surface area contributed by atoms with Gasteiger partial charge in [0, 0.05) is 27.8 Å². The lowest BCUT2D eigenvalue weighted by molar-refractivity contribution is 0.641. The van der Waals surface area contributed by atoms with E-state index >= 15 is 0 Å². The Morgan fingerprint density at radius 2 is 0.857 bits per heavy atom. The van der Waals surface area contributed by atoms with E-state index in [1.165, 1.54) is 61.3 Å². The van der Waals surface area contributed by atoms with E-state index in [9.17, 15) is 0 Å². The number of hydrogen-bond donors (Lipinski definition) is 0. The Bertz CT molecular complexity index is 2230. The first-order chi connectivity index (χ1) is 23.8. The molecule has 0 saturated heterocycles. The molecule has 0 bridgehead atoms. The second-order valence-corrected chi connectivity index (χ2v) is 14.2. The van der Waals surface area contributed by atoms with Gasteiger partial charge in [0.15, 0.2) is 0 Å². The third-order valence-corrected chi connectivity index (χ3v) is 10.6. The Kier molecular flexibility index (Phi) is 7.57. The zero-order chi connectivity index (χ0) is 33.6. The minimum Gasteiger partial charge on any atom is -0.310 e. The van der Waals surface area contributed by atoms with Crippen LogP contribution in [0, 0.1) is 0 Å². The molecule has 0 amide bonds. The van der Waals surface area contributed by atoms with Gasteiger partial charge >= 0.3 is 0 Å². The monoisotopic (exact) mass is 631 g/mol. The predicted octanol–water partition coefficient (Wildman–Crippen LogP) is 13.1. The van der Waals surface area contributed by atoms with Crippen molar-refractivity contribution >= 4 is 17.1 Å². The summed E-state index contributed by atoms with van der Waals surface area (Å²) in [6.07, 6.45) is 0. The van der Waals surface area contributed by atoms with Gasteiger partial charge in [-0.05, 0) is 80.4 Å². The van der Waals surface area contributed by atoms with E-state index in [4.69, 9.17) is 0 Å². The Morgan fingerprint density at radius 1 is 0.408 bits per heavy atom. The van der Waals surface area contributed by atoms with Gasteiger partial charge in [-0.3, -0.25) is 0 Å². The van der Waals surface area contributed by atoms with Gasteiger partial charge in [0.2, 0.25) is 0 Å². The summed E-state index contributed by atoms with van der Waals surface area (Å²) in [7, 11) is 0. The topological polar surface area (TPSA) is 3.24 Å². The van der Waals surface area contributed by atoms with Crippen molar-refractivity contribution in [2.24, 2.45) is 0 Å². The van der Waals surface area contributed by atoms with Crippen molar-refractivity contribution in [2.75, 3.05) is 4.90 Å². The van der Waals surface area contributed by atoms with Crippen LogP contribution in [0.3, 0.4) is 0 Å². The molecular weight excluding hydrogens is 591 g/mol. The fraction of sp³-hybridized carbons (Fsp3) is 0.125. The molecule has 0 N–H and O–H groups in total. The van der Waals surface area contributed by atoms with Gasteiger partial charge < -0.3 is 4.90 Å². The van der Waals surface area contributed by atoms with Gasteiger partial charge in [-0.1, -0.05) is 173 Å². The Morgan fingerprint density at radius 3 is 1.45 bits per heavy atom. The van der Waals surface area contributed by atoms with E-state index < -0.39 is 0 Å². The molecule has 0 saturated carbocycles. The lowest BCUT2D eigenvalue weighted by Crippen LogP contribution is -2.18. The molecule has 1 heteroatoms. The van der Waals surface area contributed by atoms with E-state index in [1.807, 2.05) is 0 Å². The first-order valence-electron chi connectivity index (χ1n) is 17.3. The number of fused-ring (bicyclic) bond motifs is 3. The lowest BCUT2D eigenvalue weighted by Gasteiger charge is -2.29. The molecular formula is C48H41N. The molecule has 0 fully saturated rings. The van der Waals surface area contributed by atoms with Crippen LogP contribution in [0.4, 0.5) is 17.1 Å². The van der Waals surface area contributed by atoms with Crippen LogP contribution in [0.25, 0.3) is 33.4 Å². The van der Waals surface area contributed by atoms with E-state index in [-0.39, 0.29) is 10.8 Å². The molecule has 7 aromatic rings. The fourth-order valence-electron chi connectivity index (χ4n) is 7.69. The molecule has 0 aromatic heterocycles. The maximum Gasteiger partial charge on any atom is 0.0543 e. The van der Waals surface area contributed by atoms with E-state index in [1.54, 1.807) is 0 Å². The minimum absolute atomic E-state index is 0.0661. The van der Waals surface area contributed by atoms with Crippen LogP contribution in [0.2, 0.25) is 0 Å². The molecule has 7 aromatic carbocycles. The van der Waals surface area contributed by atoms with E-state index in [0.29, 0.717) is 0 Å². The Balaban J connectivity index is 1.20. The highest BCUT2D eigenvalue weighted by Crippen LogP contribution is 2.54. The van der Waals surface area contributed by atoms with Crippen LogP contribution < -0.4 is 4.90 Å². The summed E-state index contributed by atoms with van der Waals surface area (Å²) >= 11 is 0. The number of nitrogens with zero attached hydrogens (tertiary/aromatic N) is 1. The summed E-state index contributed by atoms with van der Waals surface area (Å²) in [5, 5.41) is 0. The molecule has 0 spiro atoms. The second kappa shape index (κ2) is 12.1. The third-order valence-electron chi connectivity index (χ3n) is 10.6. The molecule has 0 aliphatic heterocycles. The van der Waals surface area contributed by atoms with Crippen LogP contribution in [-0.2, 0) is 10.8 Å². The van der Waals surface area contributed by atoms with Crippen LogP contribution in [0.1, 0.15) is 49.9 Å². The van der Waals surface area contributed by atoms with E-state index in [0.717, 1.165) is 11.4 Å². The maximum absolute atomic E-state index is 2.43. The van der Waals surface area contributed by atoms with Crippen molar-refractivity contribution in [3.63, 3.8) is 0 Å². The van der Waals surface area contributed by atoms with Crippen molar-refractivity contribution in [2.45, 2.75) is 38.5 Å². The van der Waals surface area contributed by atoms with Gasteiger partial charge in [-0.2, -0.15) is 0 Å². The maximum atomic E-state index is 2.43. The van der Waals surface area contributed by atoms with Gasteiger partial charge in [-0.25, -0.2) is 0 Å². The zero-order valence-corrected chi connectivity index (χ0v) is 28.7. The molecule has 1 aliphatic carbocycles. The van der Waals surface area contributed by atoms with Crippen molar-refractivity contribution < 1.29 is 0 Å². The van der Waals surface area contributed by atoms with Crippen molar-refractivity contribution in [3.05, 3.63) is 198 Å². The van der Waals surface area contributed by atoms with Crippen molar-refractivity contribution in [1.82, 2.24) is 0 Å². The predicted molar refractivity (Wildman–Crippen MR) is 208 cm³/mol. The third kappa shape index (κ3) is 5.36. The molecule has 238 valence electrons. The minimum atomic E-state index is -0.0735. The summed E-state index contributed by atoms with van der Waals surface area (Å²) in [5.74, 6) is 0. The summed E-state index contributed by atoms with van der Waals surface area (Å²) in [6, 6.07) is 64.2. The quantitative estimate of drug-likeness (QED) is 0.169. The van der Waals surface area contributed by atoms with E-state index in [2.05, 4.69) is 209 Å². The second-order valence-electron chi connectivity index (χ2n) is 14.2. The molecule has 0 heterocycles. The fourth-order valence-corrected chi connectivity index (χ4v) is 7.69. The number of benzene rings is 7. The van der Waals surface area contributed by atoms with Gasteiger partial charge in [-0.15, -0.1) is 0 Å². The first-order valence-corrected chi connectivity index (χ1v) is 17.3. The highest BCUT2D eigenvalue weighted by Gasteiger charge is 2.37. The van der Waals surface area contributed by atoms with Crippen LogP contribution in [0.15, 0.2) is 176 Å². The Labute approximate surface area is 291 Å². The zero-order valence-electron chi connectivity index (χ0n) is 28.7. The lowest BCUT2D eigenvalue weighted by atomic mass is 9.78. The number of hydrogen-bond acceptors (Lipinski definition) is 1. The average Bonchev–Trinajstić information content (AvgIpc) is 3.40. The molecule has 0 radical (unpaired) electrons. The molecule has 0 unspecified atom stereocenters. The summed E-state index contributed by atoms with van der Waals surface area (Å²) in [4.78, 5) is 2.43. The molecule has 49 heavy (non-hydrogen) atoms. The Hall–Kier alpha value is -5.66. The molecule has 1 aliphatic rings. The van der Waals surface area contributed by atoms with Gasteiger partial charge in [0.05, 0.1) is 5.69 Å². The smallest absolute Gasteiger partial charge is 0.0543 e. The number of rotatable bonds is 7. The summed E-state index contributed by atoms with van der Waals surface area (Å²) in [6.45, 7) is 9.29. The van der Waals surface area contributed by atoms with Crippen LogP contribution in [0.5, 0.6) is 0 Å². The largest absolute Gasteiger partial charge is 0.310 e. The highest BCUT2D eigenvalue weighted by molar-refractivity contribution is 5.95.